The lowest BCUT2D eigenvalue weighted by atomic mass is 10.2. The van der Waals surface area contributed by atoms with Gasteiger partial charge in [-0.25, -0.2) is 0 Å². The van der Waals surface area contributed by atoms with Crippen LogP contribution >= 0.6 is 0 Å². The molecule has 0 aliphatic heterocycles. The molecule has 0 bridgehead atoms. The van der Waals surface area contributed by atoms with Crippen molar-refractivity contribution in [2.75, 3.05) is 0 Å². The molecule has 0 aliphatic carbocycles. The molecule has 0 radical (unpaired) electrons. The van der Waals surface area contributed by atoms with Crippen LogP contribution in [0.15, 0.2) is 0 Å². The van der Waals surface area contributed by atoms with Crippen molar-refractivity contribution in [3.05, 3.63) is 0 Å². The first-order valence-corrected chi connectivity index (χ1v) is 5.72. The summed E-state index contributed by atoms with van der Waals surface area (Å²) >= 11 is 0. The van der Waals surface area contributed by atoms with Crippen molar-refractivity contribution in [2.24, 2.45) is 0 Å². The normalized spacial score (nSPS) is 16.7. The molecule has 2 nitrogen and oxygen atoms in total. The molecule has 0 saturated heterocycles. The molecule has 0 spiro atoms. The standard InChI is InChI=1S/C12H26O2/c1-7-9-11(13-10(3)8-2)14-12(4,5)6/h10-11H,7-9H2,1-6H3. The van der Waals surface area contributed by atoms with Crippen molar-refractivity contribution >= 4 is 0 Å². The van der Waals surface area contributed by atoms with Gasteiger partial charge in [-0.15, -0.1) is 0 Å². The summed E-state index contributed by atoms with van der Waals surface area (Å²) in [6.07, 6.45) is 3.34. The SMILES string of the molecule is CCCC(OC(C)CC)OC(C)(C)C. The van der Waals surface area contributed by atoms with Gasteiger partial charge in [0.2, 0.25) is 0 Å². The Morgan fingerprint density at radius 3 is 2.07 bits per heavy atom. The molecule has 0 N–H and O–H groups in total. The highest BCUT2D eigenvalue weighted by Crippen LogP contribution is 2.17. The Bertz CT molecular complexity index is 138. The first-order valence-electron chi connectivity index (χ1n) is 5.72. The van der Waals surface area contributed by atoms with Gasteiger partial charge < -0.3 is 9.47 Å². The van der Waals surface area contributed by atoms with Crippen LogP contribution in [0.2, 0.25) is 0 Å². The second-order valence-electron chi connectivity index (χ2n) is 4.80. The number of hydrogen-bond donors (Lipinski definition) is 0. The fourth-order valence-corrected chi connectivity index (χ4v) is 1.14. The Kier molecular flexibility index (Phi) is 6.38. The molecule has 0 saturated carbocycles. The van der Waals surface area contributed by atoms with E-state index in [1.165, 1.54) is 0 Å². The number of rotatable bonds is 6. The number of ether oxygens (including phenoxy) is 2. The van der Waals surface area contributed by atoms with Crippen molar-refractivity contribution in [1.29, 1.82) is 0 Å². The van der Waals surface area contributed by atoms with E-state index in [1.807, 2.05) is 0 Å². The lowest BCUT2D eigenvalue weighted by molar-refractivity contribution is -0.215. The largest absolute Gasteiger partial charge is 0.350 e. The van der Waals surface area contributed by atoms with Gasteiger partial charge in [0.15, 0.2) is 6.29 Å². The molecular formula is C12H26O2. The van der Waals surface area contributed by atoms with Crippen LogP contribution in [-0.2, 0) is 9.47 Å². The molecule has 0 aromatic heterocycles. The first kappa shape index (κ1) is 13.9. The summed E-state index contributed by atoms with van der Waals surface area (Å²) in [5, 5.41) is 0. The minimum Gasteiger partial charge on any atom is -0.350 e. The van der Waals surface area contributed by atoms with E-state index in [4.69, 9.17) is 9.47 Å². The van der Waals surface area contributed by atoms with E-state index < -0.39 is 0 Å². The molecule has 14 heavy (non-hydrogen) atoms. The second-order valence-corrected chi connectivity index (χ2v) is 4.80. The molecule has 0 aromatic carbocycles. The molecule has 0 aliphatic rings. The Morgan fingerprint density at radius 2 is 1.71 bits per heavy atom. The van der Waals surface area contributed by atoms with E-state index in [1.54, 1.807) is 0 Å². The molecule has 0 heterocycles. The van der Waals surface area contributed by atoms with E-state index in [9.17, 15) is 0 Å². The van der Waals surface area contributed by atoms with E-state index in [2.05, 4.69) is 41.5 Å². The van der Waals surface area contributed by atoms with E-state index in [0.29, 0.717) is 0 Å². The zero-order valence-electron chi connectivity index (χ0n) is 10.6. The quantitative estimate of drug-likeness (QED) is 0.611. The van der Waals surface area contributed by atoms with Gasteiger partial charge in [-0.1, -0.05) is 20.3 Å². The molecule has 0 amide bonds. The van der Waals surface area contributed by atoms with Gasteiger partial charge in [0.05, 0.1) is 11.7 Å². The van der Waals surface area contributed by atoms with Crippen molar-refractivity contribution in [2.45, 2.75) is 78.8 Å². The van der Waals surface area contributed by atoms with Gasteiger partial charge in [0, 0.05) is 0 Å². The summed E-state index contributed by atoms with van der Waals surface area (Å²) in [7, 11) is 0. The lowest BCUT2D eigenvalue weighted by Gasteiger charge is -2.29. The second kappa shape index (κ2) is 6.41. The van der Waals surface area contributed by atoms with Crippen LogP contribution in [0.4, 0.5) is 0 Å². The fourth-order valence-electron chi connectivity index (χ4n) is 1.14. The summed E-state index contributed by atoms with van der Waals surface area (Å²) in [5.74, 6) is 0. The Labute approximate surface area is 89.0 Å². The zero-order chi connectivity index (χ0) is 11.2. The maximum atomic E-state index is 5.83. The first-order chi connectivity index (χ1) is 6.39. The van der Waals surface area contributed by atoms with Gasteiger partial charge >= 0.3 is 0 Å². The summed E-state index contributed by atoms with van der Waals surface area (Å²) in [5.41, 5.74) is -0.118. The zero-order valence-corrected chi connectivity index (χ0v) is 10.6. The van der Waals surface area contributed by atoms with Gasteiger partial charge in [-0.3, -0.25) is 0 Å². The highest BCUT2D eigenvalue weighted by atomic mass is 16.7. The molecule has 0 fully saturated rings. The third-order valence-corrected chi connectivity index (χ3v) is 1.97. The highest BCUT2D eigenvalue weighted by molar-refractivity contribution is 4.62. The molecule has 0 aromatic rings. The van der Waals surface area contributed by atoms with Gasteiger partial charge in [-0.05, 0) is 40.5 Å². The molecule has 86 valence electrons. The topological polar surface area (TPSA) is 18.5 Å². The predicted octanol–water partition coefficient (Wildman–Crippen LogP) is 3.74. The Hall–Kier alpha value is -0.0800. The van der Waals surface area contributed by atoms with Crippen LogP contribution in [-0.4, -0.2) is 18.0 Å². The predicted molar refractivity (Wildman–Crippen MR) is 60.4 cm³/mol. The van der Waals surface area contributed by atoms with Crippen LogP contribution in [0.1, 0.15) is 60.8 Å². The minimum atomic E-state index is -0.118. The highest BCUT2D eigenvalue weighted by Gasteiger charge is 2.19. The summed E-state index contributed by atoms with van der Waals surface area (Å²) in [6.45, 7) is 12.6. The van der Waals surface area contributed by atoms with Crippen molar-refractivity contribution in [3.8, 4) is 0 Å². The van der Waals surface area contributed by atoms with Crippen LogP contribution in [0.5, 0.6) is 0 Å². The molecule has 2 unspecified atom stereocenters. The van der Waals surface area contributed by atoms with Crippen LogP contribution in [0, 0.1) is 0 Å². The maximum absolute atomic E-state index is 5.83. The maximum Gasteiger partial charge on any atom is 0.158 e. The van der Waals surface area contributed by atoms with Crippen LogP contribution in [0.3, 0.4) is 0 Å². The minimum absolute atomic E-state index is 0.0463. The van der Waals surface area contributed by atoms with Crippen molar-refractivity contribution in [1.82, 2.24) is 0 Å². The fraction of sp³-hybridized carbons (Fsp3) is 1.00. The van der Waals surface area contributed by atoms with Crippen molar-refractivity contribution < 1.29 is 9.47 Å². The van der Waals surface area contributed by atoms with E-state index >= 15 is 0 Å². The molecule has 2 atom stereocenters. The van der Waals surface area contributed by atoms with Gasteiger partial charge in [-0.2, -0.15) is 0 Å². The summed E-state index contributed by atoms with van der Waals surface area (Å²) < 4.78 is 11.6. The van der Waals surface area contributed by atoms with E-state index in [0.717, 1.165) is 19.3 Å². The van der Waals surface area contributed by atoms with Crippen LogP contribution in [0.25, 0.3) is 0 Å². The van der Waals surface area contributed by atoms with Gasteiger partial charge in [0.1, 0.15) is 0 Å². The molecule has 2 heteroatoms. The monoisotopic (exact) mass is 202 g/mol. The van der Waals surface area contributed by atoms with Crippen LogP contribution < -0.4 is 0 Å². The molecular weight excluding hydrogens is 176 g/mol. The van der Waals surface area contributed by atoms with Crippen molar-refractivity contribution in [3.63, 3.8) is 0 Å². The average Bonchev–Trinajstić information content (AvgIpc) is 2.01. The Balaban J connectivity index is 4.01. The summed E-state index contributed by atoms with van der Waals surface area (Å²) in [4.78, 5) is 0. The third kappa shape index (κ3) is 7.34. The molecule has 0 rings (SSSR count). The third-order valence-electron chi connectivity index (χ3n) is 1.97. The average molecular weight is 202 g/mol. The van der Waals surface area contributed by atoms with E-state index in [-0.39, 0.29) is 18.0 Å². The summed E-state index contributed by atoms with van der Waals surface area (Å²) in [6, 6.07) is 0. The van der Waals surface area contributed by atoms with Gasteiger partial charge in [0.25, 0.3) is 0 Å². The number of hydrogen-bond acceptors (Lipinski definition) is 2. The lowest BCUT2D eigenvalue weighted by Crippen LogP contribution is -2.31. The Morgan fingerprint density at radius 1 is 1.14 bits per heavy atom. The smallest absolute Gasteiger partial charge is 0.158 e.